The third-order valence-electron chi connectivity index (χ3n) is 1.24. The van der Waals surface area contributed by atoms with Crippen LogP contribution in [0.5, 0.6) is 0 Å². The first kappa shape index (κ1) is 10.2. The lowest BCUT2D eigenvalue weighted by Gasteiger charge is -2.00. The molecule has 64 valence electrons. The Morgan fingerprint density at radius 1 is 1.64 bits per heavy atom. The third-order valence-corrected chi connectivity index (χ3v) is 1.24. The summed E-state index contributed by atoms with van der Waals surface area (Å²) in [4.78, 5) is 10.8. The molecule has 3 nitrogen and oxygen atoms in total. The number of amides is 1. The molecular weight excluding hydrogens is 140 g/mol. The van der Waals surface area contributed by atoms with Crippen LogP contribution in [0.1, 0.15) is 19.8 Å². The van der Waals surface area contributed by atoms with Gasteiger partial charge < -0.3 is 11.1 Å². The monoisotopic (exact) mass is 156 g/mol. The van der Waals surface area contributed by atoms with Crippen LogP contribution in [0.2, 0.25) is 0 Å². The molecule has 0 aromatic rings. The van der Waals surface area contributed by atoms with E-state index in [1.165, 1.54) is 0 Å². The van der Waals surface area contributed by atoms with Crippen molar-refractivity contribution in [3.05, 3.63) is 12.2 Å². The van der Waals surface area contributed by atoms with E-state index in [1.807, 2.05) is 19.1 Å². The summed E-state index contributed by atoms with van der Waals surface area (Å²) in [5.74, 6) is 0.0389. The normalized spacial score (nSPS) is 10.4. The predicted octanol–water partition coefficient (Wildman–Crippen LogP) is 0.418. The van der Waals surface area contributed by atoms with Crippen LogP contribution in [0.25, 0.3) is 0 Å². The van der Waals surface area contributed by atoms with Gasteiger partial charge >= 0.3 is 0 Å². The highest BCUT2D eigenvalue weighted by Gasteiger charge is 1.95. The molecule has 3 heteroatoms. The SMILES string of the molecule is C/C=C/CCNC(=O)CCN. The van der Waals surface area contributed by atoms with Gasteiger partial charge in [0.25, 0.3) is 0 Å². The molecule has 0 aromatic carbocycles. The van der Waals surface area contributed by atoms with Gasteiger partial charge in [0.15, 0.2) is 0 Å². The molecule has 0 saturated carbocycles. The second-order valence-electron chi connectivity index (χ2n) is 2.25. The molecule has 0 aromatic heterocycles. The molecule has 0 spiro atoms. The number of hydrogen-bond donors (Lipinski definition) is 2. The van der Waals surface area contributed by atoms with Crippen LogP contribution < -0.4 is 11.1 Å². The minimum absolute atomic E-state index is 0.0389. The smallest absolute Gasteiger partial charge is 0.221 e. The van der Waals surface area contributed by atoms with Crippen LogP contribution in [-0.4, -0.2) is 19.0 Å². The van der Waals surface area contributed by atoms with Gasteiger partial charge in [-0.05, 0) is 13.3 Å². The fourth-order valence-electron chi connectivity index (χ4n) is 0.681. The molecule has 0 aliphatic rings. The molecule has 0 heterocycles. The van der Waals surface area contributed by atoms with Crippen molar-refractivity contribution in [2.75, 3.05) is 13.1 Å². The van der Waals surface area contributed by atoms with Crippen molar-refractivity contribution in [2.24, 2.45) is 5.73 Å². The van der Waals surface area contributed by atoms with Gasteiger partial charge in [-0.25, -0.2) is 0 Å². The van der Waals surface area contributed by atoms with Crippen molar-refractivity contribution in [3.8, 4) is 0 Å². The van der Waals surface area contributed by atoms with Gasteiger partial charge in [-0.1, -0.05) is 12.2 Å². The van der Waals surface area contributed by atoms with Crippen molar-refractivity contribution in [1.82, 2.24) is 5.32 Å². The first-order chi connectivity index (χ1) is 5.31. The van der Waals surface area contributed by atoms with E-state index in [4.69, 9.17) is 5.73 Å². The fraction of sp³-hybridized carbons (Fsp3) is 0.625. The lowest BCUT2D eigenvalue weighted by atomic mass is 10.3. The fourth-order valence-corrected chi connectivity index (χ4v) is 0.681. The molecule has 0 radical (unpaired) electrons. The summed E-state index contributed by atoms with van der Waals surface area (Å²) in [7, 11) is 0. The minimum atomic E-state index is 0.0389. The standard InChI is InChI=1S/C8H16N2O/c1-2-3-4-7-10-8(11)5-6-9/h2-3H,4-7,9H2,1H3,(H,10,11)/b3-2+. The maximum atomic E-state index is 10.8. The number of carbonyl (C=O) groups excluding carboxylic acids is 1. The number of carbonyl (C=O) groups is 1. The zero-order valence-corrected chi connectivity index (χ0v) is 6.97. The Hall–Kier alpha value is -0.830. The van der Waals surface area contributed by atoms with E-state index < -0.39 is 0 Å². The number of nitrogens with one attached hydrogen (secondary N) is 1. The first-order valence-corrected chi connectivity index (χ1v) is 3.89. The highest BCUT2D eigenvalue weighted by Crippen LogP contribution is 1.80. The van der Waals surface area contributed by atoms with Gasteiger partial charge in [-0.15, -0.1) is 0 Å². The molecule has 11 heavy (non-hydrogen) atoms. The maximum absolute atomic E-state index is 10.8. The van der Waals surface area contributed by atoms with Crippen molar-refractivity contribution >= 4 is 5.91 Å². The summed E-state index contributed by atoms with van der Waals surface area (Å²) in [6.07, 6.45) is 5.31. The van der Waals surface area contributed by atoms with Gasteiger partial charge in [0.2, 0.25) is 5.91 Å². The Morgan fingerprint density at radius 3 is 2.91 bits per heavy atom. The largest absolute Gasteiger partial charge is 0.356 e. The van der Waals surface area contributed by atoms with E-state index >= 15 is 0 Å². The van der Waals surface area contributed by atoms with Crippen LogP contribution in [0.4, 0.5) is 0 Å². The zero-order chi connectivity index (χ0) is 8.53. The molecule has 0 aliphatic carbocycles. The quantitative estimate of drug-likeness (QED) is 0.447. The second kappa shape index (κ2) is 7.28. The molecule has 0 saturated heterocycles. The van der Waals surface area contributed by atoms with E-state index in [2.05, 4.69) is 5.32 Å². The maximum Gasteiger partial charge on any atom is 0.221 e. The van der Waals surface area contributed by atoms with Crippen LogP contribution in [-0.2, 0) is 4.79 Å². The summed E-state index contributed by atoms with van der Waals surface area (Å²) in [5, 5.41) is 2.75. The van der Waals surface area contributed by atoms with Crippen LogP contribution in [0, 0.1) is 0 Å². The molecule has 0 unspecified atom stereocenters. The van der Waals surface area contributed by atoms with Gasteiger partial charge in [-0.3, -0.25) is 4.79 Å². The average molecular weight is 156 g/mol. The topological polar surface area (TPSA) is 55.1 Å². The Labute approximate surface area is 67.7 Å². The molecule has 0 bridgehead atoms. The predicted molar refractivity (Wildman–Crippen MR) is 46.1 cm³/mol. The molecule has 3 N–H and O–H groups in total. The molecule has 0 aliphatic heterocycles. The minimum Gasteiger partial charge on any atom is -0.356 e. The van der Waals surface area contributed by atoms with Gasteiger partial charge in [0, 0.05) is 19.5 Å². The summed E-state index contributed by atoms with van der Waals surface area (Å²) in [5.41, 5.74) is 5.19. The number of hydrogen-bond acceptors (Lipinski definition) is 2. The summed E-state index contributed by atoms with van der Waals surface area (Å²) < 4.78 is 0. The third kappa shape index (κ3) is 7.06. The number of rotatable bonds is 5. The van der Waals surface area contributed by atoms with E-state index in [0.717, 1.165) is 6.42 Å². The van der Waals surface area contributed by atoms with E-state index in [9.17, 15) is 4.79 Å². The molecular formula is C8H16N2O. The number of allylic oxidation sites excluding steroid dienone is 1. The van der Waals surface area contributed by atoms with E-state index in [-0.39, 0.29) is 5.91 Å². The Balaban J connectivity index is 3.17. The lowest BCUT2D eigenvalue weighted by molar-refractivity contribution is -0.120. The average Bonchev–Trinajstić information content (AvgIpc) is 1.99. The molecule has 0 rings (SSSR count). The van der Waals surface area contributed by atoms with Crippen molar-refractivity contribution in [3.63, 3.8) is 0 Å². The second-order valence-corrected chi connectivity index (χ2v) is 2.25. The summed E-state index contributed by atoms with van der Waals surface area (Å²) >= 11 is 0. The Kier molecular flexibility index (Phi) is 6.73. The zero-order valence-electron chi connectivity index (χ0n) is 6.97. The van der Waals surface area contributed by atoms with Gasteiger partial charge in [-0.2, -0.15) is 0 Å². The van der Waals surface area contributed by atoms with Crippen LogP contribution in [0.3, 0.4) is 0 Å². The lowest BCUT2D eigenvalue weighted by Crippen LogP contribution is -2.26. The first-order valence-electron chi connectivity index (χ1n) is 3.89. The van der Waals surface area contributed by atoms with Crippen molar-refractivity contribution in [1.29, 1.82) is 0 Å². The van der Waals surface area contributed by atoms with Crippen LogP contribution >= 0.6 is 0 Å². The summed E-state index contributed by atoms with van der Waals surface area (Å²) in [6.45, 7) is 3.10. The van der Waals surface area contributed by atoms with Crippen molar-refractivity contribution in [2.45, 2.75) is 19.8 Å². The van der Waals surface area contributed by atoms with Crippen LogP contribution in [0.15, 0.2) is 12.2 Å². The highest BCUT2D eigenvalue weighted by atomic mass is 16.1. The highest BCUT2D eigenvalue weighted by molar-refractivity contribution is 5.75. The van der Waals surface area contributed by atoms with Gasteiger partial charge in [0.1, 0.15) is 0 Å². The molecule has 0 atom stereocenters. The van der Waals surface area contributed by atoms with Gasteiger partial charge in [0.05, 0.1) is 0 Å². The number of nitrogens with two attached hydrogens (primary N) is 1. The molecule has 1 amide bonds. The molecule has 0 fully saturated rings. The van der Waals surface area contributed by atoms with E-state index in [0.29, 0.717) is 19.5 Å². The van der Waals surface area contributed by atoms with Crippen molar-refractivity contribution < 1.29 is 4.79 Å². The Bertz CT molecular complexity index is 132. The summed E-state index contributed by atoms with van der Waals surface area (Å²) in [6, 6.07) is 0. The van der Waals surface area contributed by atoms with E-state index in [1.54, 1.807) is 0 Å². The Morgan fingerprint density at radius 2 is 2.36 bits per heavy atom.